The van der Waals surface area contributed by atoms with Crippen molar-refractivity contribution in [2.24, 2.45) is 0 Å². The Hall–Kier alpha value is -1.84. The van der Waals surface area contributed by atoms with E-state index in [1.165, 1.54) is 0 Å². The molecule has 0 spiro atoms. The molecular formula is C12H15N3O. The van der Waals surface area contributed by atoms with E-state index in [9.17, 15) is 0 Å². The highest BCUT2D eigenvalue weighted by Crippen LogP contribution is 2.23. The Balaban J connectivity index is 2.46. The molecule has 2 aromatic rings. The van der Waals surface area contributed by atoms with Crippen LogP contribution >= 0.6 is 0 Å². The summed E-state index contributed by atoms with van der Waals surface area (Å²) in [4.78, 5) is 8.46. The van der Waals surface area contributed by atoms with Crippen LogP contribution in [0.2, 0.25) is 0 Å². The molecule has 1 N–H and O–H groups in total. The molecular weight excluding hydrogens is 202 g/mol. The summed E-state index contributed by atoms with van der Waals surface area (Å²) in [6.45, 7) is 3.03. The number of fused-ring (bicyclic) bond motifs is 1. The molecule has 0 atom stereocenters. The fraction of sp³-hybridized carbons (Fsp3) is 0.333. The van der Waals surface area contributed by atoms with Gasteiger partial charge in [0, 0.05) is 11.9 Å². The van der Waals surface area contributed by atoms with Crippen molar-refractivity contribution in [2.45, 2.75) is 13.3 Å². The lowest BCUT2D eigenvalue weighted by atomic mass is 10.2. The molecule has 4 heteroatoms. The van der Waals surface area contributed by atoms with Crippen LogP contribution in [0.1, 0.15) is 13.3 Å². The highest BCUT2D eigenvalue weighted by atomic mass is 16.5. The fourth-order valence-corrected chi connectivity index (χ4v) is 1.55. The largest absolute Gasteiger partial charge is 0.497 e. The lowest BCUT2D eigenvalue weighted by Gasteiger charge is -2.08. The van der Waals surface area contributed by atoms with E-state index in [2.05, 4.69) is 22.2 Å². The number of anilines is 1. The molecule has 1 aromatic carbocycles. The quantitative estimate of drug-likeness (QED) is 0.854. The van der Waals surface area contributed by atoms with E-state index >= 15 is 0 Å². The zero-order valence-corrected chi connectivity index (χ0v) is 9.53. The Morgan fingerprint density at radius 3 is 2.94 bits per heavy atom. The average Bonchev–Trinajstić information content (AvgIpc) is 2.35. The summed E-state index contributed by atoms with van der Waals surface area (Å²) in [6, 6.07) is 5.79. The van der Waals surface area contributed by atoms with Gasteiger partial charge in [0.15, 0.2) is 0 Å². The molecule has 0 bridgehead atoms. The second-order valence-corrected chi connectivity index (χ2v) is 3.53. The van der Waals surface area contributed by atoms with E-state index in [1.807, 2.05) is 18.2 Å². The van der Waals surface area contributed by atoms with Gasteiger partial charge in [0.2, 0.25) is 0 Å². The molecule has 1 aromatic heterocycles. The van der Waals surface area contributed by atoms with E-state index in [0.717, 1.165) is 35.4 Å². The van der Waals surface area contributed by atoms with Gasteiger partial charge in [-0.05, 0) is 24.6 Å². The van der Waals surface area contributed by atoms with Crippen molar-refractivity contribution in [3.63, 3.8) is 0 Å². The monoisotopic (exact) mass is 217 g/mol. The Bertz CT molecular complexity index is 485. The molecule has 0 aliphatic carbocycles. The van der Waals surface area contributed by atoms with Crippen LogP contribution in [0, 0.1) is 0 Å². The summed E-state index contributed by atoms with van der Waals surface area (Å²) in [5.41, 5.74) is 0.925. The number of nitrogens with one attached hydrogen (secondary N) is 1. The molecule has 0 unspecified atom stereocenters. The maximum absolute atomic E-state index is 5.20. The minimum Gasteiger partial charge on any atom is -0.497 e. The van der Waals surface area contributed by atoms with Gasteiger partial charge >= 0.3 is 0 Å². The summed E-state index contributed by atoms with van der Waals surface area (Å²) >= 11 is 0. The van der Waals surface area contributed by atoms with Gasteiger partial charge in [0.1, 0.15) is 17.9 Å². The van der Waals surface area contributed by atoms with Crippen LogP contribution in [0.5, 0.6) is 5.75 Å². The summed E-state index contributed by atoms with van der Waals surface area (Å²) < 4.78 is 5.20. The van der Waals surface area contributed by atoms with Gasteiger partial charge in [-0.1, -0.05) is 6.92 Å². The van der Waals surface area contributed by atoms with Gasteiger partial charge in [-0.25, -0.2) is 9.97 Å². The minimum absolute atomic E-state index is 0.821. The molecule has 16 heavy (non-hydrogen) atoms. The van der Waals surface area contributed by atoms with Crippen molar-refractivity contribution in [3.8, 4) is 5.75 Å². The van der Waals surface area contributed by atoms with Crippen LogP contribution in [-0.4, -0.2) is 23.6 Å². The predicted octanol–water partition coefficient (Wildman–Crippen LogP) is 2.46. The predicted molar refractivity (Wildman–Crippen MR) is 64.9 cm³/mol. The molecule has 0 fully saturated rings. The van der Waals surface area contributed by atoms with Crippen LogP contribution in [0.4, 0.5) is 5.82 Å². The van der Waals surface area contributed by atoms with Crippen LogP contribution in [-0.2, 0) is 0 Å². The normalized spacial score (nSPS) is 10.4. The lowest BCUT2D eigenvalue weighted by molar-refractivity contribution is 0.415. The number of hydrogen-bond donors (Lipinski definition) is 1. The second-order valence-electron chi connectivity index (χ2n) is 3.53. The van der Waals surface area contributed by atoms with Crippen LogP contribution in [0.3, 0.4) is 0 Å². The van der Waals surface area contributed by atoms with Crippen LogP contribution < -0.4 is 10.1 Å². The first-order valence-corrected chi connectivity index (χ1v) is 5.37. The van der Waals surface area contributed by atoms with Gasteiger partial charge in [0.05, 0.1) is 12.6 Å². The van der Waals surface area contributed by atoms with Crippen LogP contribution in [0.25, 0.3) is 10.9 Å². The van der Waals surface area contributed by atoms with Crippen molar-refractivity contribution in [3.05, 3.63) is 24.5 Å². The topological polar surface area (TPSA) is 47.0 Å². The third kappa shape index (κ3) is 2.05. The van der Waals surface area contributed by atoms with Gasteiger partial charge < -0.3 is 10.1 Å². The molecule has 84 valence electrons. The highest BCUT2D eigenvalue weighted by Gasteiger charge is 2.03. The zero-order chi connectivity index (χ0) is 11.4. The minimum atomic E-state index is 0.821. The first-order valence-electron chi connectivity index (χ1n) is 5.37. The summed E-state index contributed by atoms with van der Waals surface area (Å²) in [5, 5.41) is 4.28. The van der Waals surface area contributed by atoms with Gasteiger partial charge in [-0.2, -0.15) is 0 Å². The van der Waals surface area contributed by atoms with Gasteiger partial charge in [-0.15, -0.1) is 0 Å². The first-order chi connectivity index (χ1) is 7.85. The number of hydrogen-bond acceptors (Lipinski definition) is 4. The number of aromatic nitrogens is 2. The number of nitrogens with zero attached hydrogens (tertiary/aromatic N) is 2. The number of benzene rings is 1. The summed E-state index contributed by atoms with van der Waals surface area (Å²) in [6.07, 6.45) is 2.64. The van der Waals surface area contributed by atoms with Gasteiger partial charge in [-0.3, -0.25) is 0 Å². The average molecular weight is 217 g/mol. The summed E-state index contributed by atoms with van der Waals surface area (Å²) in [7, 11) is 1.66. The lowest BCUT2D eigenvalue weighted by Crippen LogP contribution is -2.03. The Morgan fingerprint density at radius 1 is 1.31 bits per heavy atom. The first kappa shape index (κ1) is 10.7. The fourth-order valence-electron chi connectivity index (χ4n) is 1.55. The third-order valence-electron chi connectivity index (χ3n) is 2.38. The van der Waals surface area contributed by atoms with E-state index in [0.29, 0.717) is 0 Å². The zero-order valence-electron chi connectivity index (χ0n) is 9.53. The molecule has 4 nitrogen and oxygen atoms in total. The molecule has 1 heterocycles. The van der Waals surface area contributed by atoms with Gasteiger partial charge in [0.25, 0.3) is 0 Å². The van der Waals surface area contributed by atoms with Crippen LogP contribution in [0.15, 0.2) is 24.5 Å². The van der Waals surface area contributed by atoms with E-state index in [-0.39, 0.29) is 0 Å². The van der Waals surface area contributed by atoms with E-state index in [1.54, 1.807) is 13.4 Å². The van der Waals surface area contributed by atoms with Crippen molar-refractivity contribution < 1.29 is 4.74 Å². The third-order valence-corrected chi connectivity index (χ3v) is 2.38. The molecule has 0 saturated carbocycles. The highest BCUT2D eigenvalue weighted by molar-refractivity contribution is 5.89. The maximum atomic E-state index is 5.20. The molecule has 2 rings (SSSR count). The molecule has 0 radical (unpaired) electrons. The Morgan fingerprint density at radius 2 is 2.19 bits per heavy atom. The molecule has 0 amide bonds. The van der Waals surface area contributed by atoms with E-state index < -0.39 is 0 Å². The Labute approximate surface area is 94.7 Å². The number of methoxy groups -OCH3 is 1. The van der Waals surface area contributed by atoms with Crippen molar-refractivity contribution in [1.29, 1.82) is 0 Å². The molecule has 0 aliphatic rings. The van der Waals surface area contributed by atoms with Crippen molar-refractivity contribution >= 4 is 16.7 Å². The van der Waals surface area contributed by atoms with E-state index in [4.69, 9.17) is 4.74 Å². The Kier molecular flexibility index (Phi) is 3.19. The second kappa shape index (κ2) is 4.79. The number of ether oxygens (including phenoxy) is 1. The number of rotatable bonds is 4. The smallest absolute Gasteiger partial charge is 0.137 e. The molecule has 0 saturated heterocycles. The SMILES string of the molecule is CCCNc1ncnc2ccc(OC)cc12. The van der Waals surface area contributed by atoms with Crippen molar-refractivity contribution in [1.82, 2.24) is 9.97 Å². The molecule has 0 aliphatic heterocycles. The maximum Gasteiger partial charge on any atom is 0.137 e. The summed E-state index contributed by atoms with van der Waals surface area (Å²) in [5.74, 6) is 1.69. The van der Waals surface area contributed by atoms with Crippen molar-refractivity contribution in [2.75, 3.05) is 19.0 Å². The standard InChI is InChI=1S/C12H15N3O/c1-3-6-13-12-10-7-9(16-2)4-5-11(10)14-8-15-12/h4-5,7-8H,3,6H2,1-2H3,(H,13,14,15).